The highest BCUT2D eigenvalue weighted by Crippen LogP contribution is 1.83. The highest BCUT2D eigenvalue weighted by molar-refractivity contribution is 7.81. The number of hydrogen-bond acceptors (Lipinski definition) is 4. The standard InChI is InChI=1S/ClH5O5SSi2/c1-8-6-9-5-7(2,3)4/h8-9H2,(H,2,3,4). The van der Waals surface area contributed by atoms with Crippen LogP contribution in [0.4, 0.5) is 0 Å². The first kappa shape index (κ1) is 9.55. The van der Waals surface area contributed by atoms with Gasteiger partial charge in [0.25, 0.3) is 0 Å². The van der Waals surface area contributed by atoms with Crippen molar-refractivity contribution in [3.8, 4) is 0 Å². The van der Waals surface area contributed by atoms with E-state index in [2.05, 4.69) is 7.99 Å². The van der Waals surface area contributed by atoms with Crippen LogP contribution in [0.5, 0.6) is 0 Å². The van der Waals surface area contributed by atoms with Gasteiger partial charge in [-0.3, -0.25) is 8.42 Å². The number of halogens is 1. The summed E-state index contributed by atoms with van der Waals surface area (Å²) in [5.41, 5.74) is 0. The van der Waals surface area contributed by atoms with Crippen molar-refractivity contribution in [3.63, 3.8) is 0 Å². The molecule has 0 saturated heterocycles. The van der Waals surface area contributed by atoms with Crippen molar-refractivity contribution < 1.29 is 21.0 Å². The molecule has 0 radical (unpaired) electrons. The molecule has 1 N–H and O–H groups in total. The maximum atomic E-state index is 9.77. The first-order valence-electron chi connectivity index (χ1n) is 1.82. The highest BCUT2D eigenvalue weighted by atomic mass is 35.6. The highest BCUT2D eigenvalue weighted by Gasteiger charge is 2.02. The van der Waals surface area contributed by atoms with Crippen molar-refractivity contribution in [1.29, 1.82) is 0 Å². The molecule has 0 heterocycles. The molecule has 0 aromatic carbocycles. The Morgan fingerprint density at radius 3 is 2.44 bits per heavy atom. The van der Waals surface area contributed by atoms with E-state index in [1.54, 1.807) is 0 Å². The summed E-state index contributed by atoms with van der Waals surface area (Å²) in [6.45, 7) is 0. The molecule has 9 heavy (non-hydrogen) atoms. The van der Waals surface area contributed by atoms with Gasteiger partial charge in [0.1, 0.15) is 0 Å². The molecule has 0 aromatic heterocycles. The quantitative estimate of drug-likeness (QED) is 0.252. The van der Waals surface area contributed by atoms with Crippen molar-refractivity contribution >= 4 is 40.6 Å². The van der Waals surface area contributed by atoms with Crippen LogP contribution in [0, 0.1) is 0 Å². The molecule has 0 fully saturated rings. The van der Waals surface area contributed by atoms with Crippen LogP contribution in [0.25, 0.3) is 0 Å². The molecule has 0 rings (SSSR count). The zero-order valence-electron chi connectivity index (χ0n) is 4.28. The number of hydrogen-bond donors (Lipinski definition) is 1. The second-order valence-corrected chi connectivity index (χ2v) is 5.52. The fourth-order valence-corrected chi connectivity index (χ4v) is 2.32. The topological polar surface area (TPSA) is 72.8 Å². The van der Waals surface area contributed by atoms with Gasteiger partial charge in [-0.15, -0.1) is 11.1 Å². The minimum Gasteiger partial charge on any atom is -0.432 e. The second kappa shape index (κ2) is 4.38. The van der Waals surface area contributed by atoms with Crippen LogP contribution in [0.1, 0.15) is 0 Å². The molecule has 0 aliphatic carbocycles. The minimum atomic E-state index is -4.30. The summed E-state index contributed by atoms with van der Waals surface area (Å²) >= 11 is 5.13. The zero-order valence-corrected chi connectivity index (χ0v) is 8.68. The molecule has 56 valence electrons. The average Bonchev–Trinajstić information content (AvgIpc) is 1.63. The maximum Gasteiger partial charge on any atom is 0.389 e. The fourth-order valence-electron chi connectivity index (χ4n) is 0.126. The van der Waals surface area contributed by atoms with Crippen LogP contribution in [0.15, 0.2) is 0 Å². The van der Waals surface area contributed by atoms with E-state index in [-0.39, 0.29) is 0 Å². The normalized spacial score (nSPS) is 14.4. The lowest BCUT2D eigenvalue weighted by Crippen LogP contribution is -2.11. The van der Waals surface area contributed by atoms with E-state index in [0.717, 1.165) is 0 Å². The molecule has 0 bridgehead atoms. The molecule has 0 saturated carbocycles. The van der Waals surface area contributed by atoms with Gasteiger partial charge >= 0.3 is 20.4 Å². The lowest BCUT2D eigenvalue weighted by atomic mass is 15.7. The van der Waals surface area contributed by atoms with Gasteiger partial charge in [0.05, 0.1) is 0 Å². The predicted molar refractivity (Wildman–Crippen MR) is 36.7 cm³/mol. The van der Waals surface area contributed by atoms with Crippen molar-refractivity contribution in [1.82, 2.24) is 0 Å². The SMILES string of the molecule is O=S(=O)(O)O[SiH2]O[SiH2]Cl. The Balaban J connectivity index is 3.30. The van der Waals surface area contributed by atoms with Gasteiger partial charge in [-0.05, 0) is 0 Å². The van der Waals surface area contributed by atoms with Crippen molar-refractivity contribution in [2.24, 2.45) is 0 Å². The Morgan fingerprint density at radius 2 is 2.11 bits per heavy atom. The minimum absolute atomic E-state index is 1.12. The van der Waals surface area contributed by atoms with Crippen molar-refractivity contribution in [2.45, 2.75) is 0 Å². The van der Waals surface area contributed by atoms with Crippen LogP contribution < -0.4 is 0 Å². The molecule has 0 aliphatic rings. The van der Waals surface area contributed by atoms with E-state index in [1.165, 1.54) is 0 Å². The van der Waals surface area contributed by atoms with E-state index < -0.39 is 29.5 Å². The summed E-state index contributed by atoms with van der Waals surface area (Å²) in [4.78, 5) is 0. The number of rotatable bonds is 4. The van der Waals surface area contributed by atoms with Crippen LogP contribution in [-0.4, -0.2) is 32.1 Å². The third-order valence-electron chi connectivity index (χ3n) is 0.358. The smallest absolute Gasteiger partial charge is 0.389 e. The summed E-state index contributed by atoms with van der Waals surface area (Å²) in [5.74, 6) is 0. The Bertz CT molecular complexity index is 150. The third kappa shape index (κ3) is 8.55. The van der Waals surface area contributed by atoms with Gasteiger partial charge in [0.2, 0.25) is 9.07 Å². The van der Waals surface area contributed by atoms with Crippen LogP contribution in [0.2, 0.25) is 0 Å². The molecular weight excluding hydrogens is 204 g/mol. The zero-order chi connectivity index (χ0) is 7.33. The third-order valence-corrected chi connectivity index (χ3v) is 4.61. The molecule has 0 amide bonds. The van der Waals surface area contributed by atoms with Gasteiger partial charge in [-0.2, -0.15) is 8.42 Å². The molecular formula is H5ClO5SSi2. The van der Waals surface area contributed by atoms with Crippen LogP contribution in [0.3, 0.4) is 0 Å². The molecule has 0 aromatic rings. The van der Waals surface area contributed by atoms with Gasteiger partial charge < -0.3 is 4.12 Å². The van der Waals surface area contributed by atoms with E-state index in [9.17, 15) is 8.42 Å². The molecule has 5 nitrogen and oxygen atoms in total. The Kier molecular flexibility index (Phi) is 4.65. The molecule has 0 aliphatic heterocycles. The molecule has 0 spiro atoms. The second-order valence-electron chi connectivity index (χ2n) is 0.977. The van der Waals surface area contributed by atoms with Crippen molar-refractivity contribution in [3.05, 3.63) is 0 Å². The summed E-state index contributed by atoms with van der Waals surface area (Å²) in [5, 5.41) is 0. The molecule has 9 heteroatoms. The van der Waals surface area contributed by atoms with Crippen molar-refractivity contribution in [2.75, 3.05) is 0 Å². The summed E-state index contributed by atoms with van der Waals surface area (Å²) in [7, 11) is -7.02. The Hall–Kier alpha value is 0.554. The summed E-state index contributed by atoms with van der Waals surface area (Å²) < 4.78 is 35.8. The fraction of sp³-hybridized carbons (Fsp3) is 0. The van der Waals surface area contributed by atoms with Gasteiger partial charge in [-0.1, -0.05) is 0 Å². The molecule has 0 atom stereocenters. The van der Waals surface area contributed by atoms with Gasteiger partial charge in [0, 0.05) is 0 Å². The van der Waals surface area contributed by atoms with Crippen LogP contribution in [-0.2, 0) is 18.4 Å². The van der Waals surface area contributed by atoms with E-state index in [1.807, 2.05) is 0 Å². The first-order valence-corrected chi connectivity index (χ1v) is 7.05. The lowest BCUT2D eigenvalue weighted by molar-refractivity contribution is 0.373. The largest absolute Gasteiger partial charge is 0.432 e. The van der Waals surface area contributed by atoms with E-state index >= 15 is 0 Å². The lowest BCUT2D eigenvalue weighted by Gasteiger charge is -1.95. The average molecular weight is 209 g/mol. The van der Waals surface area contributed by atoms with Gasteiger partial charge in [0.15, 0.2) is 0 Å². The first-order chi connectivity index (χ1) is 4.06. The predicted octanol–water partition coefficient (Wildman–Crippen LogP) is -1.94. The Morgan fingerprint density at radius 1 is 1.56 bits per heavy atom. The maximum absolute atomic E-state index is 9.77. The summed E-state index contributed by atoms with van der Waals surface area (Å²) in [6, 6.07) is 0. The summed E-state index contributed by atoms with van der Waals surface area (Å²) in [6.07, 6.45) is 0. The van der Waals surface area contributed by atoms with E-state index in [0.29, 0.717) is 0 Å². The monoisotopic (exact) mass is 208 g/mol. The van der Waals surface area contributed by atoms with Gasteiger partial charge in [-0.25, -0.2) is 0 Å². The van der Waals surface area contributed by atoms with E-state index in [4.69, 9.17) is 15.6 Å². The molecule has 0 unspecified atom stereocenters. The Labute approximate surface area is 62.0 Å². The van der Waals surface area contributed by atoms with Crippen LogP contribution >= 0.6 is 11.1 Å².